The summed E-state index contributed by atoms with van der Waals surface area (Å²) in [5.41, 5.74) is 1.54. The van der Waals surface area contributed by atoms with E-state index in [9.17, 15) is 4.79 Å². The van der Waals surface area contributed by atoms with Crippen molar-refractivity contribution in [2.24, 2.45) is 0 Å². The maximum absolute atomic E-state index is 12.6. The van der Waals surface area contributed by atoms with E-state index < -0.39 is 0 Å². The van der Waals surface area contributed by atoms with Crippen molar-refractivity contribution >= 4 is 32.8 Å². The molecule has 24 heavy (non-hydrogen) atoms. The molecule has 1 atom stereocenters. The van der Waals surface area contributed by atoms with E-state index in [0.29, 0.717) is 17.9 Å². The first kappa shape index (κ1) is 16.8. The second kappa shape index (κ2) is 6.83. The molecule has 0 spiro atoms. The first-order valence-electron chi connectivity index (χ1n) is 7.64. The van der Waals surface area contributed by atoms with Crippen LogP contribution in [0.25, 0.3) is 11.0 Å². The molecule has 0 saturated carbocycles. The topological polar surface area (TPSA) is 58.6 Å². The Labute approximate surface area is 148 Å². The summed E-state index contributed by atoms with van der Waals surface area (Å²) in [5, 5.41) is 3.87. The molecule has 0 aliphatic rings. The summed E-state index contributed by atoms with van der Waals surface area (Å²) >= 11 is 3.44. The Balaban J connectivity index is 1.79. The van der Waals surface area contributed by atoms with Crippen LogP contribution < -0.4 is 5.32 Å². The van der Waals surface area contributed by atoms with Crippen LogP contribution in [0, 0.1) is 6.92 Å². The van der Waals surface area contributed by atoms with Crippen LogP contribution >= 0.6 is 15.9 Å². The molecule has 3 aromatic rings. The maximum Gasteiger partial charge on any atom is 0.287 e. The zero-order chi connectivity index (χ0) is 17.3. The summed E-state index contributed by atoms with van der Waals surface area (Å²) in [6.45, 7) is 2.32. The smallest absolute Gasteiger partial charge is 0.287 e. The summed E-state index contributed by atoms with van der Waals surface area (Å²) in [7, 11) is 3.90. The third-order valence-electron chi connectivity index (χ3n) is 4.06. The highest BCUT2D eigenvalue weighted by molar-refractivity contribution is 9.10. The standard InChI is InChI=1S/C18H19BrN2O3/c1-11-13-9-12(19)6-7-15(13)24-17(11)18(22)20-10-14(21(2)3)16-5-4-8-23-16/h4-9,14H,10H2,1-3H3,(H,20,22)/t14-/m1/s1. The number of carbonyl (C=O) groups is 1. The second-order valence-electron chi connectivity index (χ2n) is 5.90. The van der Waals surface area contributed by atoms with Crippen LogP contribution in [-0.4, -0.2) is 31.4 Å². The van der Waals surface area contributed by atoms with Crippen LogP contribution in [0.1, 0.15) is 27.9 Å². The number of nitrogens with one attached hydrogen (secondary N) is 1. The Morgan fingerprint density at radius 1 is 1.33 bits per heavy atom. The fraction of sp³-hybridized carbons (Fsp3) is 0.278. The maximum atomic E-state index is 12.6. The molecule has 0 bridgehead atoms. The fourth-order valence-corrected chi connectivity index (χ4v) is 3.06. The molecule has 6 heteroatoms. The number of amides is 1. The molecule has 126 valence electrons. The Morgan fingerprint density at radius 3 is 2.79 bits per heavy atom. The van der Waals surface area contributed by atoms with Gasteiger partial charge in [-0.1, -0.05) is 15.9 Å². The van der Waals surface area contributed by atoms with Crippen LogP contribution in [0.4, 0.5) is 0 Å². The van der Waals surface area contributed by atoms with Gasteiger partial charge in [-0.2, -0.15) is 0 Å². The zero-order valence-corrected chi connectivity index (χ0v) is 15.4. The van der Waals surface area contributed by atoms with Gasteiger partial charge in [-0.25, -0.2) is 0 Å². The van der Waals surface area contributed by atoms with Crippen molar-refractivity contribution in [1.29, 1.82) is 0 Å². The van der Waals surface area contributed by atoms with Gasteiger partial charge in [0.1, 0.15) is 11.3 Å². The quantitative estimate of drug-likeness (QED) is 0.711. The molecule has 0 saturated heterocycles. The van der Waals surface area contributed by atoms with E-state index in [1.165, 1.54) is 0 Å². The largest absolute Gasteiger partial charge is 0.468 e. The van der Waals surface area contributed by atoms with E-state index in [-0.39, 0.29) is 11.9 Å². The number of hydrogen-bond donors (Lipinski definition) is 1. The molecule has 1 amide bonds. The predicted octanol–water partition coefficient (Wildman–Crippen LogP) is 4.13. The van der Waals surface area contributed by atoms with Gasteiger partial charge in [-0.3, -0.25) is 9.69 Å². The number of fused-ring (bicyclic) bond motifs is 1. The zero-order valence-electron chi connectivity index (χ0n) is 13.8. The molecule has 1 aromatic carbocycles. The molecule has 1 N–H and O–H groups in total. The molecular weight excluding hydrogens is 372 g/mol. The lowest BCUT2D eigenvalue weighted by molar-refractivity contribution is 0.0912. The summed E-state index contributed by atoms with van der Waals surface area (Å²) in [6.07, 6.45) is 1.63. The molecular formula is C18H19BrN2O3. The Morgan fingerprint density at radius 2 is 2.12 bits per heavy atom. The number of benzene rings is 1. The molecule has 2 aromatic heterocycles. The summed E-state index contributed by atoms with van der Waals surface area (Å²) in [6, 6.07) is 9.41. The van der Waals surface area contributed by atoms with Gasteiger partial charge in [0.05, 0.1) is 12.3 Å². The predicted molar refractivity (Wildman–Crippen MR) is 96.1 cm³/mol. The van der Waals surface area contributed by atoms with E-state index in [0.717, 1.165) is 21.2 Å². The van der Waals surface area contributed by atoms with Crippen molar-refractivity contribution in [2.45, 2.75) is 13.0 Å². The van der Waals surface area contributed by atoms with Crippen molar-refractivity contribution in [3.63, 3.8) is 0 Å². The highest BCUT2D eigenvalue weighted by Crippen LogP contribution is 2.28. The number of halogens is 1. The SMILES string of the molecule is Cc1c(C(=O)NC[C@H](c2ccco2)N(C)C)oc2ccc(Br)cc12. The lowest BCUT2D eigenvalue weighted by atomic mass is 10.1. The lowest BCUT2D eigenvalue weighted by Crippen LogP contribution is -2.34. The number of hydrogen-bond acceptors (Lipinski definition) is 4. The average molecular weight is 391 g/mol. The minimum atomic E-state index is -0.224. The summed E-state index contributed by atoms with van der Waals surface area (Å²) in [4.78, 5) is 14.6. The van der Waals surface area contributed by atoms with Crippen molar-refractivity contribution in [2.75, 3.05) is 20.6 Å². The van der Waals surface area contributed by atoms with Gasteiger partial charge < -0.3 is 14.2 Å². The van der Waals surface area contributed by atoms with Gasteiger partial charge in [0.25, 0.3) is 5.91 Å². The molecule has 0 radical (unpaired) electrons. The van der Waals surface area contributed by atoms with E-state index >= 15 is 0 Å². The van der Waals surface area contributed by atoms with E-state index in [2.05, 4.69) is 21.2 Å². The van der Waals surface area contributed by atoms with Gasteiger partial charge >= 0.3 is 0 Å². The normalized spacial score (nSPS) is 12.7. The van der Waals surface area contributed by atoms with Gasteiger partial charge in [0.2, 0.25) is 0 Å². The first-order valence-corrected chi connectivity index (χ1v) is 8.43. The highest BCUT2D eigenvalue weighted by Gasteiger charge is 2.21. The van der Waals surface area contributed by atoms with Crippen LogP contribution in [0.2, 0.25) is 0 Å². The van der Waals surface area contributed by atoms with Crippen molar-refractivity contribution in [3.05, 3.63) is 58.2 Å². The average Bonchev–Trinajstić information content (AvgIpc) is 3.16. The van der Waals surface area contributed by atoms with Crippen LogP contribution in [0.15, 0.2) is 49.9 Å². The van der Waals surface area contributed by atoms with Crippen molar-refractivity contribution < 1.29 is 13.6 Å². The minimum Gasteiger partial charge on any atom is -0.468 e. The Kier molecular flexibility index (Phi) is 4.78. The third-order valence-corrected chi connectivity index (χ3v) is 4.55. The number of nitrogens with zero attached hydrogens (tertiary/aromatic N) is 1. The van der Waals surface area contributed by atoms with Crippen LogP contribution in [0.5, 0.6) is 0 Å². The van der Waals surface area contributed by atoms with Gasteiger partial charge in [0.15, 0.2) is 5.76 Å². The van der Waals surface area contributed by atoms with Gasteiger partial charge in [0, 0.05) is 22.0 Å². The molecule has 2 heterocycles. The van der Waals surface area contributed by atoms with E-state index in [4.69, 9.17) is 8.83 Å². The molecule has 0 aliphatic heterocycles. The van der Waals surface area contributed by atoms with Gasteiger partial charge in [-0.15, -0.1) is 0 Å². The Bertz CT molecular complexity index is 853. The van der Waals surface area contributed by atoms with E-state index in [1.54, 1.807) is 6.26 Å². The minimum absolute atomic E-state index is 0.0391. The van der Waals surface area contributed by atoms with Crippen molar-refractivity contribution in [1.82, 2.24) is 10.2 Å². The van der Waals surface area contributed by atoms with Crippen LogP contribution in [-0.2, 0) is 0 Å². The Hall–Kier alpha value is -2.05. The van der Waals surface area contributed by atoms with Crippen molar-refractivity contribution in [3.8, 4) is 0 Å². The first-order chi connectivity index (χ1) is 11.5. The molecule has 5 nitrogen and oxygen atoms in total. The molecule has 0 unspecified atom stereocenters. The number of furan rings is 2. The van der Waals surface area contributed by atoms with Crippen LogP contribution in [0.3, 0.4) is 0 Å². The molecule has 3 rings (SSSR count). The molecule has 0 fully saturated rings. The summed E-state index contributed by atoms with van der Waals surface area (Å²) in [5.74, 6) is 0.934. The second-order valence-corrected chi connectivity index (χ2v) is 6.82. The fourth-order valence-electron chi connectivity index (χ4n) is 2.70. The number of carbonyl (C=O) groups excluding carboxylic acids is 1. The monoisotopic (exact) mass is 390 g/mol. The molecule has 0 aliphatic carbocycles. The van der Waals surface area contributed by atoms with E-state index in [1.807, 2.05) is 56.3 Å². The summed E-state index contributed by atoms with van der Waals surface area (Å²) < 4.78 is 12.1. The number of aryl methyl sites for hydroxylation is 1. The number of likely N-dealkylation sites (N-methyl/N-ethyl adjacent to an activating group) is 1. The lowest BCUT2D eigenvalue weighted by Gasteiger charge is -2.22. The number of rotatable bonds is 5. The van der Waals surface area contributed by atoms with Gasteiger partial charge in [-0.05, 0) is 51.4 Å². The third kappa shape index (κ3) is 3.25. The highest BCUT2D eigenvalue weighted by atomic mass is 79.9.